The van der Waals surface area contributed by atoms with Gasteiger partial charge in [-0.05, 0) is 29.8 Å². The van der Waals surface area contributed by atoms with Crippen molar-refractivity contribution in [1.29, 1.82) is 0 Å². The molecule has 1 aromatic carbocycles. The highest BCUT2D eigenvalue weighted by Crippen LogP contribution is 2.13. The first kappa shape index (κ1) is 15.4. The molecule has 2 heterocycles. The first-order chi connectivity index (χ1) is 11.2. The summed E-state index contributed by atoms with van der Waals surface area (Å²) in [6, 6.07) is 9.85. The third-order valence-corrected chi connectivity index (χ3v) is 3.69. The molecule has 120 valence electrons. The van der Waals surface area contributed by atoms with E-state index in [2.05, 4.69) is 10.3 Å². The molecule has 0 saturated carbocycles. The summed E-state index contributed by atoms with van der Waals surface area (Å²) in [5.41, 5.74) is 2.18. The number of carbonyl (C=O) groups excluding carboxylic acids is 1. The highest BCUT2D eigenvalue weighted by molar-refractivity contribution is 5.93. The van der Waals surface area contributed by atoms with Crippen LogP contribution in [0.1, 0.15) is 16.1 Å². The van der Waals surface area contributed by atoms with E-state index in [0.29, 0.717) is 38.5 Å². The molecule has 1 amide bonds. The average molecular weight is 315 g/mol. The van der Waals surface area contributed by atoms with E-state index in [4.69, 9.17) is 4.74 Å². The summed E-state index contributed by atoms with van der Waals surface area (Å²) in [4.78, 5) is 18.3. The third kappa shape index (κ3) is 4.04. The van der Waals surface area contributed by atoms with E-state index in [1.54, 1.807) is 35.4 Å². The van der Waals surface area contributed by atoms with Crippen LogP contribution in [0, 0.1) is 5.82 Å². The van der Waals surface area contributed by atoms with Crippen molar-refractivity contribution >= 4 is 11.6 Å². The summed E-state index contributed by atoms with van der Waals surface area (Å²) in [5, 5.41) is 3.22. The maximum Gasteiger partial charge on any atom is 0.272 e. The first-order valence-corrected chi connectivity index (χ1v) is 7.54. The van der Waals surface area contributed by atoms with Gasteiger partial charge in [0.05, 0.1) is 13.2 Å². The number of anilines is 1. The lowest BCUT2D eigenvalue weighted by molar-refractivity contribution is 0.0299. The van der Waals surface area contributed by atoms with Gasteiger partial charge in [-0.1, -0.05) is 12.1 Å². The van der Waals surface area contributed by atoms with E-state index in [1.807, 2.05) is 0 Å². The van der Waals surface area contributed by atoms with Gasteiger partial charge >= 0.3 is 0 Å². The summed E-state index contributed by atoms with van der Waals surface area (Å²) in [5.74, 6) is -0.338. The highest BCUT2D eigenvalue weighted by Gasteiger charge is 2.19. The average Bonchev–Trinajstić information content (AvgIpc) is 2.61. The Bertz CT molecular complexity index is 670. The number of hydrogen-bond acceptors (Lipinski definition) is 4. The molecule has 5 nitrogen and oxygen atoms in total. The van der Waals surface area contributed by atoms with E-state index in [9.17, 15) is 9.18 Å². The fourth-order valence-corrected chi connectivity index (χ4v) is 2.39. The number of benzene rings is 1. The number of aromatic nitrogens is 1. The van der Waals surface area contributed by atoms with Gasteiger partial charge in [-0.15, -0.1) is 0 Å². The summed E-state index contributed by atoms with van der Waals surface area (Å²) < 4.78 is 18.1. The van der Waals surface area contributed by atoms with E-state index >= 15 is 0 Å². The van der Waals surface area contributed by atoms with E-state index in [-0.39, 0.29) is 11.7 Å². The topological polar surface area (TPSA) is 54.5 Å². The predicted octanol–water partition coefficient (Wildman–Crippen LogP) is 2.31. The minimum atomic E-state index is -0.254. The number of carbonyl (C=O) groups is 1. The van der Waals surface area contributed by atoms with E-state index in [0.717, 1.165) is 11.3 Å². The zero-order chi connectivity index (χ0) is 16.1. The van der Waals surface area contributed by atoms with Crippen LogP contribution in [-0.2, 0) is 11.3 Å². The van der Waals surface area contributed by atoms with Crippen molar-refractivity contribution in [2.24, 2.45) is 0 Å². The number of halogens is 1. The standard InChI is InChI=1S/C17H18FN3O2/c18-14-3-1-13(2-4-14)12-20-15-5-6-19-16(11-15)17(22)21-7-9-23-10-8-21/h1-6,11H,7-10,12H2,(H,19,20). The molecule has 1 N–H and O–H groups in total. The number of rotatable bonds is 4. The number of pyridine rings is 1. The molecule has 0 atom stereocenters. The maximum absolute atomic E-state index is 12.9. The van der Waals surface area contributed by atoms with Crippen LogP contribution in [-0.4, -0.2) is 42.1 Å². The molecule has 0 bridgehead atoms. The van der Waals surface area contributed by atoms with E-state index < -0.39 is 0 Å². The van der Waals surface area contributed by atoms with Crippen molar-refractivity contribution in [1.82, 2.24) is 9.88 Å². The molecule has 0 unspecified atom stereocenters. The largest absolute Gasteiger partial charge is 0.381 e. The molecular formula is C17H18FN3O2. The molecule has 0 radical (unpaired) electrons. The van der Waals surface area contributed by atoms with Crippen molar-refractivity contribution in [3.8, 4) is 0 Å². The quantitative estimate of drug-likeness (QED) is 0.941. The van der Waals surface area contributed by atoms with Crippen LogP contribution in [0.2, 0.25) is 0 Å². The molecule has 2 aromatic rings. The zero-order valence-corrected chi connectivity index (χ0v) is 12.7. The molecule has 0 aliphatic carbocycles. The minimum absolute atomic E-state index is 0.0845. The number of morpholine rings is 1. The number of ether oxygens (including phenoxy) is 1. The van der Waals surface area contributed by atoms with Crippen LogP contribution in [0.4, 0.5) is 10.1 Å². The Kier molecular flexibility index (Phi) is 4.83. The Labute approximate surface area is 134 Å². The molecule has 1 aliphatic rings. The van der Waals surface area contributed by atoms with Crippen molar-refractivity contribution in [2.75, 3.05) is 31.6 Å². The Morgan fingerprint density at radius 2 is 1.96 bits per heavy atom. The monoisotopic (exact) mass is 315 g/mol. The van der Waals surface area contributed by atoms with Gasteiger partial charge in [0.1, 0.15) is 11.5 Å². The first-order valence-electron chi connectivity index (χ1n) is 7.54. The molecule has 1 fully saturated rings. The Morgan fingerprint density at radius 3 is 2.70 bits per heavy atom. The Morgan fingerprint density at radius 1 is 1.22 bits per heavy atom. The number of amides is 1. The van der Waals surface area contributed by atoms with Crippen LogP contribution in [0.15, 0.2) is 42.6 Å². The molecular weight excluding hydrogens is 297 g/mol. The fourth-order valence-electron chi connectivity index (χ4n) is 2.39. The minimum Gasteiger partial charge on any atom is -0.381 e. The lowest BCUT2D eigenvalue weighted by Gasteiger charge is -2.26. The zero-order valence-electron chi connectivity index (χ0n) is 12.7. The summed E-state index contributed by atoms with van der Waals surface area (Å²) in [7, 11) is 0. The lowest BCUT2D eigenvalue weighted by atomic mass is 10.2. The molecule has 1 aliphatic heterocycles. The van der Waals surface area contributed by atoms with Crippen LogP contribution in [0.5, 0.6) is 0 Å². The summed E-state index contributed by atoms with van der Waals surface area (Å²) >= 11 is 0. The van der Waals surface area contributed by atoms with Gasteiger partial charge in [0.2, 0.25) is 0 Å². The number of hydrogen-bond donors (Lipinski definition) is 1. The van der Waals surface area contributed by atoms with Gasteiger partial charge < -0.3 is 15.0 Å². The van der Waals surface area contributed by atoms with Gasteiger partial charge in [-0.2, -0.15) is 0 Å². The van der Waals surface area contributed by atoms with Crippen molar-refractivity contribution in [2.45, 2.75) is 6.54 Å². The van der Waals surface area contributed by atoms with Gasteiger partial charge in [-0.3, -0.25) is 9.78 Å². The van der Waals surface area contributed by atoms with Crippen LogP contribution in [0.3, 0.4) is 0 Å². The smallest absolute Gasteiger partial charge is 0.272 e. The third-order valence-electron chi connectivity index (χ3n) is 3.69. The SMILES string of the molecule is O=C(c1cc(NCc2ccc(F)cc2)ccn1)N1CCOCC1. The second kappa shape index (κ2) is 7.19. The second-order valence-electron chi connectivity index (χ2n) is 5.31. The molecule has 6 heteroatoms. The van der Waals surface area contributed by atoms with E-state index in [1.165, 1.54) is 12.1 Å². The van der Waals surface area contributed by atoms with Crippen molar-refractivity contribution in [3.05, 3.63) is 59.7 Å². The normalized spacial score (nSPS) is 14.6. The molecule has 23 heavy (non-hydrogen) atoms. The maximum atomic E-state index is 12.9. The number of nitrogens with zero attached hydrogens (tertiary/aromatic N) is 2. The molecule has 3 rings (SSSR count). The van der Waals surface area contributed by atoms with Crippen molar-refractivity contribution < 1.29 is 13.9 Å². The Hall–Kier alpha value is -2.47. The number of nitrogens with one attached hydrogen (secondary N) is 1. The Balaban J connectivity index is 1.64. The highest BCUT2D eigenvalue weighted by atomic mass is 19.1. The van der Waals surface area contributed by atoms with Crippen LogP contribution in [0.25, 0.3) is 0 Å². The van der Waals surface area contributed by atoms with Crippen molar-refractivity contribution in [3.63, 3.8) is 0 Å². The van der Waals surface area contributed by atoms with Gasteiger partial charge in [0, 0.05) is 31.5 Å². The van der Waals surface area contributed by atoms with Gasteiger partial charge in [0.25, 0.3) is 5.91 Å². The summed E-state index contributed by atoms with van der Waals surface area (Å²) in [6.07, 6.45) is 1.61. The molecule has 0 spiro atoms. The van der Waals surface area contributed by atoms with Gasteiger partial charge in [-0.25, -0.2) is 4.39 Å². The van der Waals surface area contributed by atoms with Crippen LogP contribution >= 0.6 is 0 Å². The van der Waals surface area contributed by atoms with Gasteiger partial charge in [0.15, 0.2) is 0 Å². The fraction of sp³-hybridized carbons (Fsp3) is 0.294. The van der Waals surface area contributed by atoms with Crippen LogP contribution < -0.4 is 5.32 Å². The molecule has 1 aromatic heterocycles. The predicted molar refractivity (Wildman–Crippen MR) is 84.7 cm³/mol. The molecule has 1 saturated heterocycles. The second-order valence-corrected chi connectivity index (χ2v) is 5.31. The summed E-state index contributed by atoms with van der Waals surface area (Å²) in [6.45, 7) is 2.86. The lowest BCUT2D eigenvalue weighted by Crippen LogP contribution is -2.41.